The third-order valence-electron chi connectivity index (χ3n) is 3.67. The van der Waals surface area contributed by atoms with E-state index in [1.54, 1.807) is 12.1 Å². The van der Waals surface area contributed by atoms with E-state index < -0.39 is 0 Å². The maximum atomic E-state index is 9.65. The van der Waals surface area contributed by atoms with Crippen LogP contribution in [0.15, 0.2) is 42.6 Å². The molecule has 0 aliphatic heterocycles. The number of nitrogens with zero attached hydrogens (tertiary/aromatic N) is 2. The third-order valence-corrected chi connectivity index (χ3v) is 3.97. The fourth-order valence-electron chi connectivity index (χ4n) is 2.54. The van der Waals surface area contributed by atoms with Gasteiger partial charge in [0.25, 0.3) is 0 Å². The lowest BCUT2D eigenvalue weighted by Crippen LogP contribution is -2.26. The molecule has 2 aromatic heterocycles. The lowest BCUT2D eigenvalue weighted by atomic mass is 10.1. The number of H-pyrrole nitrogens is 1. The number of aliphatic hydroxyl groups excluding tert-OH is 1. The Hall–Kier alpha value is -2.55. The standard InChI is InChI=1S/C17H15ClN4O/c18-14-5-6-17(22-16(14)8-19)21-12(10-23)7-11-9-20-15-4-2-1-3-13(11)15/h1-6,9,12,20,23H,7,10H2,(H,21,22). The summed E-state index contributed by atoms with van der Waals surface area (Å²) in [7, 11) is 0. The highest BCUT2D eigenvalue weighted by molar-refractivity contribution is 6.31. The Bertz CT molecular complexity index is 868. The van der Waals surface area contributed by atoms with Crippen LogP contribution < -0.4 is 5.32 Å². The van der Waals surface area contributed by atoms with Gasteiger partial charge in [0.1, 0.15) is 11.9 Å². The molecule has 1 aromatic carbocycles. The van der Waals surface area contributed by atoms with E-state index in [1.807, 2.05) is 36.5 Å². The van der Waals surface area contributed by atoms with Crippen LogP contribution in [0.1, 0.15) is 11.3 Å². The second-order valence-electron chi connectivity index (χ2n) is 5.23. The highest BCUT2D eigenvalue weighted by Crippen LogP contribution is 2.21. The van der Waals surface area contributed by atoms with Gasteiger partial charge in [-0.15, -0.1) is 0 Å². The van der Waals surface area contributed by atoms with Gasteiger partial charge in [0, 0.05) is 17.1 Å². The summed E-state index contributed by atoms with van der Waals surface area (Å²) < 4.78 is 0. The van der Waals surface area contributed by atoms with Gasteiger partial charge in [-0.25, -0.2) is 4.98 Å². The number of hydrogen-bond acceptors (Lipinski definition) is 4. The summed E-state index contributed by atoms with van der Waals surface area (Å²) in [5.74, 6) is 0.518. The number of para-hydroxylation sites is 1. The zero-order valence-electron chi connectivity index (χ0n) is 12.3. The molecule has 116 valence electrons. The Morgan fingerprint density at radius 3 is 2.91 bits per heavy atom. The zero-order valence-corrected chi connectivity index (χ0v) is 13.0. The molecule has 2 heterocycles. The molecular weight excluding hydrogens is 312 g/mol. The molecule has 0 fully saturated rings. The number of aromatic amines is 1. The maximum absolute atomic E-state index is 9.65. The number of halogens is 1. The molecule has 3 rings (SSSR count). The molecule has 5 nitrogen and oxygen atoms in total. The van der Waals surface area contributed by atoms with E-state index >= 15 is 0 Å². The van der Waals surface area contributed by atoms with E-state index in [0.29, 0.717) is 17.3 Å². The first-order valence-corrected chi connectivity index (χ1v) is 7.58. The van der Waals surface area contributed by atoms with Crippen molar-refractivity contribution in [2.45, 2.75) is 12.5 Å². The van der Waals surface area contributed by atoms with E-state index in [0.717, 1.165) is 16.5 Å². The van der Waals surface area contributed by atoms with Crippen molar-refractivity contribution in [3.05, 3.63) is 58.9 Å². The Morgan fingerprint density at radius 2 is 2.13 bits per heavy atom. The summed E-state index contributed by atoms with van der Waals surface area (Å²) in [5.41, 5.74) is 2.35. The van der Waals surface area contributed by atoms with Crippen LogP contribution in [0.3, 0.4) is 0 Å². The van der Waals surface area contributed by atoms with Crippen molar-refractivity contribution in [3.63, 3.8) is 0 Å². The van der Waals surface area contributed by atoms with Crippen LogP contribution in [-0.4, -0.2) is 27.7 Å². The summed E-state index contributed by atoms with van der Waals surface area (Å²) in [6.45, 7) is -0.0499. The SMILES string of the molecule is N#Cc1nc(NC(CO)Cc2c[nH]c3ccccc23)ccc1Cl. The minimum Gasteiger partial charge on any atom is -0.394 e. The number of benzene rings is 1. The topological polar surface area (TPSA) is 84.7 Å². The second-order valence-corrected chi connectivity index (χ2v) is 5.63. The van der Waals surface area contributed by atoms with Crippen molar-refractivity contribution < 1.29 is 5.11 Å². The minimum absolute atomic E-state index is 0.0499. The van der Waals surface area contributed by atoms with Crippen molar-refractivity contribution in [3.8, 4) is 6.07 Å². The number of fused-ring (bicyclic) bond motifs is 1. The fraction of sp³-hybridized carbons (Fsp3) is 0.176. The van der Waals surface area contributed by atoms with E-state index in [4.69, 9.17) is 16.9 Å². The van der Waals surface area contributed by atoms with Crippen LogP contribution in [0.2, 0.25) is 5.02 Å². The molecule has 23 heavy (non-hydrogen) atoms. The molecule has 0 amide bonds. The number of hydrogen-bond donors (Lipinski definition) is 3. The first-order valence-electron chi connectivity index (χ1n) is 7.20. The lowest BCUT2D eigenvalue weighted by molar-refractivity contribution is 0.273. The van der Waals surface area contributed by atoms with Gasteiger partial charge in [-0.05, 0) is 30.2 Å². The van der Waals surface area contributed by atoms with Crippen LogP contribution in [0.4, 0.5) is 5.82 Å². The molecule has 3 aromatic rings. The summed E-state index contributed by atoms with van der Waals surface area (Å²) >= 11 is 5.88. The van der Waals surface area contributed by atoms with Gasteiger partial charge in [-0.1, -0.05) is 29.8 Å². The largest absolute Gasteiger partial charge is 0.394 e. The van der Waals surface area contributed by atoms with Gasteiger partial charge in [0.05, 0.1) is 17.7 Å². The van der Waals surface area contributed by atoms with Crippen molar-refractivity contribution in [1.29, 1.82) is 5.26 Å². The Balaban J connectivity index is 1.79. The van der Waals surface area contributed by atoms with Crippen molar-refractivity contribution in [2.24, 2.45) is 0 Å². The average Bonchev–Trinajstić information content (AvgIpc) is 2.99. The predicted octanol–water partition coefficient (Wildman–Crippen LogP) is 3.10. The van der Waals surface area contributed by atoms with Gasteiger partial charge in [-0.2, -0.15) is 5.26 Å². The molecule has 6 heteroatoms. The quantitative estimate of drug-likeness (QED) is 0.672. The van der Waals surface area contributed by atoms with Gasteiger partial charge >= 0.3 is 0 Å². The number of aliphatic hydroxyl groups is 1. The van der Waals surface area contributed by atoms with E-state index in [2.05, 4.69) is 15.3 Å². The number of nitriles is 1. The summed E-state index contributed by atoms with van der Waals surface area (Å²) in [6.07, 6.45) is 2.58. The van der Waals surface area contributed by atoms with Gasteiger partial charge in [-0.3, -0.25) is 0 Å². The monoisotopic (exact) mass is 326 g/mol. The van der Waals surface area contributed by atoms with Crippen LogP contribution in [0.25, 0.3) is 10.9 Å². The Kier molecular flexibility index (Phi) is 4.47. The Morgan fingerprint density at radius 1 is 1.30 bits per heavy atom. The number of anilines is 1. The molecule has 0 radical (unpaired) electrons. The molecule has 0 saturated carbocycles. The van der Waals surface area contributed by atoms with Crippen LogP contribution >= 0.6 is 11.6 Å². The van der Waals surface area contributed by atoms with E-state index in [1.165, 1.54) is 0 Å². The highest BCUT2D eigenvalue weighted by atomic mass is 35.5. The van der Waals surface area contributed by atoms with E-state index in [-0.39, 0.29) is 18.3 Å². The fourth-order valence-corrected chi connectivity index (χ4v) is 2.68. The number of rotatable bonds is 5. The van der Waals surface area contributed by atoms with Crippen LogP contribution in [0.5, 0.6) is 0 Å². The molecule has 0 spiro atoms. The smallest absolute Gasteiger partial charge is 0.161 e. The minimum atomic E-state index is -0.213. The van der Waals surface area contributed by atoms with Crippen molar-refractivity contribution >= 4 is 28.3 Å². The summed E-state index contributed by atoms with van der Waals surface area (Å²) in [6, 6.07) is 13.1. The van der Waals surface area contributed by atoms with Crippen LogP contribution in [-0.2, 0) is 6.42 Å². The normalized spacial score (nSPS) is 12.0. The molecule has 0 aliphatic rings. The molecule has 0 aliphatic carbocycles. The lowest BCUT2D eigenvalue weighted by Gasteiger charge is -2.17. The maximum Gasteiger partial charge on any atom is 0.161 e. The molecule has 1 atom stereocenters. The summed E-state index contributed by atoms with van der Waals surface area (Å²) in [5, 5.41) is 23.2. The first-order chi connectivity index (χ1) is 11.2. The van der Waals surface area contributed by atoms with Crippen molar-refractivity contribution in [2.75, 3.05) is 11.9 Å². The van der Waals surface area contributed by atoms with Gasteiger partial charge in [0.2, 0.25) is 0 Å². The van der Waals surface area contributed by atoms with Crippen LogP contribution in [0, 0.1) is 11.3 Å². The van der Waals surface area contributed by atoms with Crippen molar-refractivity contribution in [1.82, 2.24) is 9.97 Å². The molecule has 0 saturated heterocycles. The number of nitrogens with one attached hydrogen (secondary N) is 2. The number of pyridine rings is 1. The highest BCUT2D eigenvalue weighted by Gasteiger charge is 2.13. The average molecular weight is 327 g/mol. The second kappa shape index (κ2) is 6.69. The molecule has 1 unspecified atom stereocenters. The van der Waals surface area contributed by atoms with E-state index in [9.17, 15) is 5.11 Å². The molecule has 0 bridgehead atoms. The molecular formula is C17H15ClN4O. The first kappa shape index (κ1) is 15.3. The third kappa shape index (κ3) is 3.29. The predicted molar refractivity (Wildman–Crippen MR) is 90.5 cm³/mol. The summed E-state index contributed by atoms with van der Waals surface area (Å²) in [4.78, 5) is 7.37. The van der Waals surface area contributed by atoms with Gasteiger partial charge in [0.15, 0.2) is 5.69 Å². The number of aromatic nitrogens is 2. The zero-order chi connectivity index (χ0) is 16.2. The van der Waals surface area contributed by atoms with Gasteiger partial charge < -0.3 is 15.4 Å². The Labute approximate surface area is 138 Å². The molecule has 3 N–H and O–H groups in total.